The van der Waals surface area contributed by atoms with E-state index in [0.29, 0.717) is 11.0 Å². The second-order valence-electron chi connectivity index (χ2n) is 5.82. The van der Waals surface area contributed by atoms with Crippen molar-refractivity contribution in [1.29, 1.82) is 5.26 Å². The van der Waals surface area contributed by atoms with Crippen LogP contribution in [0.15, 0.2) is 48.2 Å². The van der Waals surface area contributed by atoms with E-state index in [9.17, 15) is 25.3 Å². The number of para-hydroxylation sites is 2. The molecule has 9 nitrogen and oxygen atoms in total. The lowest BCUT2D eigenvalue weighted by molar-refractivity contribution is -0.385. The van der Waals surface area contributed by atoms with Gasteiger partial charge < -0.3 is 14.8 Å². The van der Waals surface area contributed by atoms with Crippen LogP contribution in [0.2, 0.25) is 0 Å². The Balaban J connectivity index is 1.82. The van der Waals surface area contributed by atoms with Gasteiger partial charge in [-0.3, -0.25) is 10.1 Å². The van der Waals surface area contributed by atoms with Crippen LogP contribution >= 0.6 is 0 Å². The summed E-state index contributed by atoms with van der Waals surface area (Å²) in [5, 5.41) is 30.5. The number of nitriles is 1. The zero-order valence-corrected chi connectivity index (χ0v) is 14.7. The quantitative estimate of drug-likeness (QED) is 0.228. The number of aliphatic hydroxyl groups is 1. The average molecular weight is 378 g/mol. The van der Waals surface area contributed by atoms with Gasteiger partial charge in [0.2, 0.25) is 0 Å². The van der Waals surface area contributed by atoms with Crippen LogP contribution in [0.1, 0.15) is 21.7 Å². The number of nitro groups is 1. The summed E-state index contributed by atoms with van der Waals surface area (Å²) in [7, 11) is 0. The standard InChI is InChI=1S/C19H14N4O5/c1-11-12(5-4-8-16(11)23(26)27)19(25)28-10-17(24)13(9-20)18-21-14-6-2-3-7-15(14)22-18/h2-8,24H,10H2,1H3,(H,21,22)/b17-13-. The molecule has 0 aliphatic heterocycles. The molecule has 0 fully saturated rings. The van der Waals surface area contributed by atoms with E-state index in [2.05, 4.69) is 9.97 Å². The summed E-state index contributed by atoms with van der Waals surface area (Å²) in [5.74, 6) is -1.20. The predicted molar refractivity (Wildman–Crippen MR) is 99.4 cm³/mol. The molecule has 0 saturated heterocycles. The number of allylic oxidation sites excluding steroid dienone is 1. The van der Waals surface area contributed by atoms with E-state index < -0.39 is 23.3 Å². The topological polar surface area (TPSA) is 142 Å². The highest BCUT2D eigenvalue weighted by Crippen LogP contribution is 2.23. The first-order chi connectivity index (χ1) is 13.4. The van der Waals surface area contributed by atoms with E-state index in [0.717, 1.165) is 0 Å². The number of aromatic nitrogens is 2. The number of nitro benzene ring substituents is 1. The van der Waals surface area contributed by atoms with E-state index in [1.54, 1.807) is 24.3 Å². The molecule has 0 spiro atoms. The van der Waals surface area contributed by atoms with Crippen molar-refractivity contribution in [2.75, 3.05) is 6.61 Å². The van der Waals surface area contributed by atoms with E-state index in [-0.39, 0.29) is 28.2 Å². The Hall–Kier alpha value is -4.19. The molecule has 2 aromatic carbocycles. The molecular weight excluding hydrogens is 364 g/mol. The van der Waals surface area contributed by atoms with Crippen LogP contribution < -0.4 is 0 Å². The number of nitrogens with one attached hydrogen (secondary N) is 1. The third kappa shape index (κ3) is 3.52. The summed E-state index contributed by atoms with van der Waals surface area (Å²) < 4.78 is 5.02. The number of carbonyl (C=O) groups excluding carboxylic acids is 1. The molecule has 3 rings (SSSR count). The minimum absolute atomic E-state index is 0.00393. The number of aliphatic hydroxyl groups excluding tert-OH is 1. The van der Waals surface area contributed by atoms with Crippen molar-refractivity contribution in [1.82, 2.24) is 9.97 Å². The Kier molecular flexibility index (Phi) is 5.04. The fraction of sp³-hybridized carbons (Fsp3) is 0.105. The summed E-state index contributed by atoms with van der Waals surface area (Å²) >= 11 is 0. The van der Waals surface area contributed by atoms with Crippen LogP contribution in [0, 0.1) is 28.4 Å². The zero-order chi connectivity index (χ0) is 20.3. The Morgan fingerprint density at radius 3 is 2.75 bits per heavy atom. The van der Waals surface area contributed by atoms with Crippen molar-refractivity contribution in [3.63, 3.8) is 0 Å². The van der Waals surface area contributed by atoms with Crippen LogP contribution in [0.25, 0.3) is 16.6 Å². The fourth-order valence-corrected chi connectivity index (χ4v) is 2.65. The molecule has 0 radical (unpaired) electrons. The van der Waals surface area contributed by atoms with Gasteiger partial charge in [0.05, 0.1) is 21.5 Å². The zero-order valence-electron chi connectivity index (χ0n) is 14.7. The molecule has 2 N–H and O–H groups in total. The Morgan fingerprint density at radius 2 is 2.07 bits per heavy atom. The minimum atomic E-state index is -0.852. The van der Waals surface area contributed by atoms with Crippen molar-refractivity contribution < 1.29 is 19.6 Å². The maximum absolute atomic E-state index is 12.2. The van der Waals surface area contributed by atoms with Crippen LogP contribution in [0.3, 0.4) is 0 Å². The van der Waals surface area contributed by atoms with Crippen LogP contribution in [-0.2, 0) is 4.74 Å². The second kappa shape index (κ2) is 7.59. The summed E-state index contributed by atoms with van der Waals surface area (Å²) in [6.45, 7) is 0.848. The second-order valence-corrected chi connectivity index (χ2v) is 5.82. The number of fused-ring (bicyclic) bond motifs is 1. The van der Waals surface area contributed by atoms with Crippen LogP contribution in [0.5, 0.6) is 0 Å². The molecule has 28 heavy (non-hydrogen) atoms. The van der Waals surface area contributed by atoms with Gasteiger partial charge in [-0.2, -0.15) is 5.26 Å². The largest absolute Gasteiger partial charge is 0.507 e. The van der Waals surface area contributed by atoms with Crippen molar-refractivity contribution in [2.24, 2.45) is 0 Å². The van der Waals surface area contributed by atoms with Gasteiger partial charge in [0.15, 0.2) is 11.6 Å². The van der Waals surface area contributed by atoms with Gasteiger partial charge >= 0.3 is 5.97 Å². The molecule has 0 atom stereocenters. The van der Waals surface area contributed by atoms with E-state index >= 15 is 0 Å². The number of esters is 1. The van der Waals surface area contributed by atoms with Crippen molar-refractivity contribution >= 4 is 28.3 Å². The molecule has 1 aromatic heterocycles. The van der Waals surface area contributed by atoms with Crippen LogP contribution in [-0.4, -0.2) is 32.6 Å². The Morgan fingerprint density at radius 1 is 1.32 bits per heavy atom. The first-order valence-corrected chi connectivity index (χ1v) is 8.11. The first kappa shape index (κ1) is 18.6. The van der Waals surface area contributed by atoms with Crippen molar-refractivity contribution in [3.8, 4) is 6.07 Å². The van der Waals surface area contributed by atoms with Crippen molar-refractivity contribution in [3.05, 3.63) is 75.3 Å². The van der Waals surface area contributed by atoms with Crippen LogP contribution in [0.4, 0.5) is 5.69 Å². The molecule has 0 aliphatic rings. The highest BCUT2D eigenvalue weighted by Gasteiger charge is 2.20. The third-order valence-corrected chi connectivity index (χ3v) is 4.09. The number of imidazole rings is 1. The van der Waals surface area contributed by atoms with Gasteiger partial charge in [-0.25, -0.2) is 9.78 Å². The van der Waals surface area contributed by atoms with E-state index in [1.807, 2.05) is 6.07 Å². The van der Waals surface area contributed by atoms with Crippen molar-refractivity contribution in [2.45, 2.75) is 6.92 Å². The molecule has 0 amide bonds. The SMILES string of the molecule is Cc1c(C(=O)OC/C(O)=C(\C#N)c2nc3ccccc3[nH]2)cccc1[N+](=O)[O-]. The van der Waals surface area contributed by atoms with E-state index in [1.165, 1.54) is 25.1 Å². The van der Waals surface area contributed by atoms with Gasteiger partial charge in [0, 0.05) is 11.6 Å². The minimum Gasteiger partial charge on any atom is -0.507 e. The van der Waals surface area contributed by atoms with Gasteiger partial charge in [-0.1, -0.05) is 18.2 Å². The number of aromatic amines is 1. The molecule has 140 valence electrons. The number of rotatable bonds is 5. The number of ether oxygens (including phenoxy) is 1. The molecule has 3 aromatic rings. The third-order valence-electron chi connectivity index (χ3n) is 4.09. The lowest BCUT2D eigenvalue weighted by atomic mass is 10.1. The summed E-state index contributed by atoms with van der Waals surface area (Å²) in [5.41, 5.74) is 1.07. The van der Waals surface area contributed by atoms with Gasteiger partial charge in [-0.05, 0) is 25.1 Å². The Labute approximate surface area is 158 Å². The molecule has 1 heterocycles. The average Bonchev–Trinajstić information content (AvgIpc) is 3.10. The monoisotopic (exact) mass is 378 g/mol. The molecule has 0 saturated carbocycles. The van der Waals surface area contributed by atoms with Gasteiger partial charge in [0.25, 0.3) is 5.69 Å². The maximum Gasteiger partial charge on any atom is 0.339 e. The summed E-state index contributed by atoms with van der Waals surface area (Å²) in [6.07, 6.45) is 0. The molecular formula is C19H14N4O5. The number of carbonyl (C=O) groups is 1. The molecule has 0 unspecified atom stereocenters. The number of benzene rings is 2. The number of nitrogens with zero attached hydrogens (tertiary/aromatic N) is 3. The lowest BCUT2D eigenvalue weighted by Crippen LogP contribution is -2.11. The highest BCUT2D eigenvalue weighted by molar-refractivity contribution is 5.92. The smallest absolute Gasteiger partial charge is 0.339 e. The summed E-state index contributed by atoms with van der Waals surface area (Å²) in [6, 6.07) is 12.9. The number of hydrogen-bond donors (Lipinski definition) is 2. The molecule has 0 bridgehead atoms. The molecule has 0 aliphatic carbocycles. The van der Waals surface area contributed by atoms with Gasteiger partial charge in [-0.15, -0.1) is 0 Å². The first-order valence-electron chi connectivity index (χ1n) is 8.11. The lowest BCUT2D eigenvalue weighted by Gasteiger charge is -2.08. The Bertz CT molecular complexity index is 1120. The normalized spacial score (nSPS) is 11.6. The molecule has 9 heteroatoms. The van der Waals surface area contributed by atoms with Gasteiger partial charge in [0.1, 0.15) is 18.2 Å². The van der Waals surface area contributed by atoms with E-state index in [4.69, 9.17) is 4.74 Å². The highest BCUT2D eigenvalue weighted by atomic mass is 16.6. The fourth-order valence-electron chi connectivity index (χ4n) is 2.65. The predicted octanol–water partition coefficient (Wildman–Crippen LogP) is 3.43. The maximum atomic E-state index is 12.2. The number of H-pyrrole nitrogens is 1. The number of hydrogen-bond acceptors (Lipinski definition) is 7. The summed E-state index contributed by atoms with van der Waals surface area (Å²) in [4.78, 5) is 29.8.